The highest BCUT2D eigenvalue weighted by atomic mass is 16.5. The fraction of sp³-hybridized carbons (Fsp3) is 0.147. The van der Waals surface area contributed by atoms with Crippen LogP contribution in [0.1, 0.15) is 22.6 Å². The van der Waals surface area contributed by atoms with E-state index in [0.717, 1.165) is 23.0 Å². The maximum Gasteiger partial charge on any atom is 0.217 e. The molecule has 0 fully saturated rings. The second kappa shape index (κ2) is 11.2. The summed E-state index contributed by atoms with van der Waals surface area (Å²) in [4.78, 5) is 7.17. The smallest absolute Gasteiger partial charge is 0.217 e. The Kier molecular flexibility index (Phi) is 7.43. The summed E-state index contributed by atoms with van der Waals surface area (Å²) in [7, 11) is 5.91. The number of pyridine rings is 1. The van der Waals surface area contributed by atoms with Crippen LogP contribution < -0.4 is 4.74 Å². The van der Waals surface area contributed by atoms with Gasteiger partial charge in [-0.05, 0) is 60.1 Å². The molecule has 3 nitrogen and oxygen atoms in total. The summed E-state index contributed by atoms with van der Waals surface area (Å²) in [5.41, 5.74) is 7.98. The van der Waals surface area contributed by atoms with Gasteiger partial charge in [0.2, 0.25) is 5.88 Å². The van der Waals surface area contributed by atoms with Gasteiger partial charge in [-0.1, -0.05) is 103 Å². The molecule has 1 unspecified atom stereocenters. The van der Waals surface area contributed by atoms with Crippen molar-refractivity contribution < 1.29 is 4.74 Å². The van der Waals surface area contributed by atoms with Crippen LogP contribution >= 0.6 is 0 Å². The Bertz CT molecular complexity index is 1490. The summed E-state index contributed by atoms with van der Waals surface area (Å²) in [6.07, 6.45) is 2.33. The molecular formula is C34H32N2O. The Balaban J connectivity index is 1.74. The maximum atomic E-state index is 5.93. The number of nitrogens with zero attached hydrogens (tertiary/aromatic N) is 2. The van der Waals surface area contributed by atoms with E-state index in [-0.39, 0.29) is 5.92 Å². The van der Waals surface area contributed by atoms with Gasteiger partial charge in [-0.2, -0.15) is 0 Å². The predicted octanol–water partition coefficient (Wildman–Crippen LogP) is 7.69. The highest BCUT2D eigenvalue weighted by Crippen LogP contribution is 2.42. The predicted molar refractivity (Wildman–Crippen MR) is 155 cm³/mol. The quantitative estimate of drug-likeness (QED) is 0.226. The van der Waals surface area contributed by atoms with Crippen LogP contribution in [0.2, 0.25) is 0 Å². The van der Waals surface area contributed by atoms with E-state index < -0.39 is 0 Å². The van der Waals surface area contributed by atoms with Crippen LogP contribution in [-0.2, 0) is 0 Å². The first-order valence-electron chi connectivity index (χ1n) is 12.6. The van der Waals surface area contributed by atoms with Gasteiger partial charge in [-0.15, -0.1) is 0 Å². The molecular weight excluding hydrogens is 452 g/mol. The van der Waals surface area contributed by atoms with E-state index in [1.165, 1.54) is 27.8 Å². The van der Waals surface area contributed by atoms with Gasteiger partial charge in [-0.25, -0.2) is 4.98 Å². The Labute approximate surface area is 219 Å². The summed E-state index contributed by atoms with van der Waals surface area (Å²) in [5, 5.41) is 1.10. The lowest BCUT2D eigenvalue weighted by Crippen LogP contribution is -2.14. The number of ether oxygens (including phenoxy) is 1. The lowest BCUT2D eigenvalue weighted by molar-refractivity contribution is 0.394. The van der Waals surface area contributed by atoms with Crippen LogP contribution in [0.25, 0.3) is 27.6 Å². The number of likely N-dealkylation sites (N-methyl/N-ethyl adjacent to an activating group) is 1. The van der Waals surface area contributed by atoms with Crippen molar-refractivity contribution in [1.29, 1.82) is 0 Å². The number of rotatable bonds is 8. The van der Waals surface area contributed by atoms with Gasteiger partial charge in [0.1, 0.15) is 0 Å². The van der Waals surface area contributed by atoms with Crippen LogP contribution in [0.3, 0.4) is 0 Å². The second-order valence-corrected chi connectivity index (χ2v) is 9.49. The van der Waals surface area contributed by atoms with Crippen LogP contribution in [0, 0.1) is 0 Å². The Hall–Kier alpha value is -4.21. The zero-order valence-corrected chi connectivity index (χ0v) is 21.6. The molecule has 5 rings (SSSR count). The molecule has 0 aliphatic heterocycles. The molecule has 184 valence electrons. The highest BCUT2D eigenvalue weighted by molar-refractivity contribution is 5.87. The van der Waals surface area contributed by atoms with Crippen LogP contribution in [0.5, 0.6) is 5.88 Å². The summed E-state index contributed by atoms with van der Waals surface area (Å²) < 4.78 is 5.93. The van der Waals surface area contributed by atoms with Crippen molar-refractivity contribution in [2.75, 3.05) is 27.7 Å². The van der Waals surface area contributed by atoms with Crippen molar-refractivity contribution in [3.8, 4) is 17.0 Å². The average Bonchev–Trinajstić information content (AvgIpc) is 2.95. The molecule has 0 spiro atoms. The first-order chi connectivity index (χ1) is 18.1. The van der Waals surface area contributed by atoms with Crippen LogP contribution in [-0.4, -0.2) is 37.6 Å². The third kappa shape index (κ3) is 5.47. The molecule has 0 saturated carbocycles. The standard InChI is InChI=1S/C34H32N2O/c1-36(2)22-21-30(26-15-9-5-10-16-26)33(27-17-11-6-12-18-27)31-24-29-23-28(25-13-7-4-8-14-25)19-20-32(29)35-34(31)37-3/h4-21,23-24,33H,22H2,1-3H3/b30-21+. The SMILES string of the molecule is COc1nc2ccc(-c3ccccc3)cc2cc1C(/C(=C/CN(C)C)c1ccccc1)c1ccccc1. The van der Waals surface area contributed by atoms with Crippen molar-refractivity contribution in [2.24, 2.45) is 0 Å². The minimum Gasteiger partial charge on any atom is -0.481 e. The van der Waals surface area contributed by atoms with Gasteiger partial charge in [0.25, 0.3) is 0 Å². The first-order valence-corrected chi connectivity index (χ1v) is 12.6. The molecule has 4 aromatic carbocycles. The Morgan fingerprint density at radius 2 is 1.43 bits per heavy atom. The number of hydrogen-bond donors (Lipinski definition) is 0. The van der Waals surface area contributed by atoms with Gasteiger partial charge < -0.3 is 9.64 Å². The van der Waals surface area contributed by atoms with E-state index in [2.05, 4.69) is 134 Å². The van der Waals surface area contributed by atoms with Gasteiger partial charge in [0.15, 0.2) is 0 Å². The number of methoxy groups -OCH3 is 1. The van der Waals surface area contributed by atoms with Crippen molar-refractivity contribution in [3.63, 3.8) is 0 Å². The van der Waals surface area contributed by atoms with E-state index in [4.69, 9.17) is 9.72 Å². The summed E-state index contributed by atoms with van der Waals surface area (Å²) >= 11 is 0. The minimum atomic E-state index is -0.0456. The molecule has 5 aromatic rings. The fourth-order valence-electron chi connectivity index (χ4n) is 4.84. The number of fused-ring (bicyclic) bond motifs is 1. The monoisotopic (exact) mass is 484 g/mol. The minimum absolute atomic E-state index is 0.0456. The molecule has 37 heavy (non-hydrogen) atoms. The number of benzene rings is 4. The normalized spacial score (nSPS) is 12.6. The van der Waals surface area contributed by atoms with E-state index in [0.29, 0.717) is 5.88 Å². The van der Waals surface area contributed by atoms with Crippen LogP contribution in [0.4, 0.5) is 0 Å². The third-order valence-electron chi connectivity index (χ3n) is 6.65. The highest BCUT2D eigenvalue weighted by Gasteiger charge is 2.25. The largest absolute Gasteiger partial charge is 0.481 e. The van der Waals surface area contributed by atoms with E-state index in [1.807, 2.05) is 6.07 Å². The average molecular weight is 485 g/mol. The number of hydrogen-bond acceptors (Lipinski definition) is 3. The summed E-state index contributed by atoms with van der Waals surface area (Å²) in [6, 6.07) is 40.5. The Morgan fingerprint density at radius 3 is 2.08 bits per heavy atom. The van der Waals surface area contributed by atoms with Crippen molar-refractivity contribution in [2.45, 2.75) is 5.92 Å². The molecule has 1 atom stereocenters. The lowest BCUT2D eigenvalue weighted by Gasteiger charge is -2.25. The fourth-order valence-corrected chi connectivity index (χ4v) is 4.84. The Morgan fingerprint density at radius 1 is 0.784 bits per heavy atom. The van der Waals surface area contributed by atoms with Gasteiger partial charge in [0.05, 0.1) is 12.6 Å². The summed E-state index contributed by atoms with van der Waals surface area (Å²) in [5.74, 6) is 0.608. The summed E-state index contributed by atoms with van der Waals surface area (Å²) in [6.45, 7) is 0.828. The number of allylic oxidation sites excluding steroid dienone is 1. The molecule has 1 heterocycles. The van der Waals surface area contributed by atoms with Crippen molar-refractivity contribution in [1.82, 2.24) is 9.88 Å². The molecule has 1 aromatic heterocycles. The topological polar surface area (TPSA) is 25.4 Å². The molecule has 0 amide bonds. The number of aromatic nitrogens is 1. The maximum absolute atomic E-state index is 5.93. The van der Waals surface area contributed by atoms with E-state index in [9.17, 15) is 0 Å². The zero-order valence-electron chi connectivity index (χ0n) is 21.6. The molecule has 0 radical (unpaired) electrons. The van der Waals surface area contributed by atoms with E-state index >= 15 is 0 Å². The van der Waals surface area contributed by atoms with Gasteiger partial charge >= 0.3 is 0 Å². The molecule has 0 saturated heterocycles. The molecule has 3 heteroatoms. The first kappa shape index (κ1) is 24.5. The molecule has 0 aliphatic rings. The van der Waals surface area contributed by atoms with Crippen LogP contribution in [0.15, 0.2) is 121 Å². The third-order valence-corrected chi connectivity index (χ3v) is 6.65. The molecule has 0 aliphatic carbocycles. The van der Waals surface area contributed by atoms with Gasteiger partial charge in [-0.3, -0.25) is 0 Å². The van der Waals surface area contributed by atoms with E-state index in [1.54, 1.807) is 7.11 Å². The lowest BCUT2D eigenvalue weighted by atomic mass is 9.81. The van der Waals surface area contributed by atoms with Crippen molar-refractivity contribution >= 4 is 16.5 Å². The second-order valence-electron chi connectivity index (χ2n) is 9.49. The van der Waals surface area contributed by atoms with Gasteiger partial charge in [0, 0.05) is 23.4 Å². The molecule has 0 bridgehead atoms. The zero-order chi connectivity index (χ0) is 25.6. The molecule has 0 N–H and O–H groups in total. The van der Waals surface area contributed by atoms with Crippen molar-refractivity contribution in [3.05, 3.63) is 138 Å².